The Morgan fingerprint density at radius 1 is 0.524 bits per heavy atom. The zero-order valence-corrected chi connectivity index (χ0v) is 23.2. The second-order valence-electron chi connectivity index (χ2n) is 10.3. The van der Waals surface area contributed by atoms with Gasteiger partial charge in [0, 0.05) is 33.4 Å². The Hall–Kier alpha value is -5.60. The van der Waals surface area contributed by atoms with Crippen LogP contribution in [0.1, 0.15) is 5.56 Å². The summed E-state index contributed by atoms with van der Waals surface area (Å²) in [7, 11) is 0. The number of anilines is 3. The van der Waals surface area contributed by atoms with Crippen LogP contribution in [0.4, 0.5) is 17.1 Å². The van der Waals surface area contributed by atoms with E-state index in [9.17, 15) is 0 Å². The van der Waals surface area contributed by atoms with Gasteiger partial charge in [-0.1, -0.05) is 122 Å². The number of hydrogen-bond donors (Lipinski definition) is 0. The maximum atomic E-state index is 6.41. The van der Waals surface area contributed by atoms with Crippen LogP contribution in [0.3, 0.4) is 0 Å². The number of furan rings is 1. The molecular formula is C40H29NO. The van der Waals surface area contributed by atoms with Gasteiger partial charge in [-0.15, -0.1) is 0 Å². The van der Waals surface area contributed by atoms with E-state index in [0.717, 1.165) is 55.7 Å². The summed E-state index contributed by atoms with van der Waals surface area (Å²) >= 11 is 0. The van der Waals surface area contributed by atoms with Crippen molar-refractivity contribution in [2.75, 3.05) is 4.90 Å². The molecule has 0 fully saturated rings. The molecule has 0 aliphatic rings. The van der Waals surface area contributed by atoms with Crippen molar-refractivity contribution in [1.29, 1.82) is 0 Å². The highest BCUT2D eigenvalue weighted by Crippen LogP contribution is 2.39. The molecule has 6 aromatic carbocycles. The van der Waals surface area contributed by atoms with Gasteiger partial charge in [-0.2, -0.15) is 0 Å². The van der Waals surface area contributed by atoms with Crippen molar-refractivity contribution in [3.63, 3.8) is 0 Å². The fourth-order valence-electron chi connectivity index (χ4n) is 5.57. The summed E-state index contributed by atoms with van der Waals surface area (Å²) in [6.45, 7) is 3.78. The molecule has 0 N–H and O–H groups in total. The van der Waals surface area contributed by atoms with Gasteiger partial charge >= 0.3 is 0 Å². The molecule has 0 saturated heterocycles. The fourth-order valence-corrected chi connectivity index (χ4v) is 5.57. The summed E-state index contributed by atoms with van der Waals surface area (Å²) in [5, 5.41) is 2.23. The molecule has 2 heteroatoms. The van der Waals surface area contributed by atoms with E-state index in [-0.39, 0.29) is 0 Å². The first kappa shape index (κ1) is 25.4. The summed E-state index contributed by atoms with van der Waals surface area (Å²) in [6, 6.07) is 51.2. The van der Waals surface area contributed by atoms with Crippen LogP contribution in [-0.4, -0.2) is 0 Å². The third-order valence-electron chi connectivity index (χ3n) is 7.63. The van der Waals surface area contributed by atoms with Crippen LogP contribution >= 0.6 is 0 Å². The van der Waals surface area contributed by atoms with E-state index in [1.54, 1.807) is 6.08 Å². The molecule has 0 aliphatic carbocycles. The minimum absolute atomic E-state index is 0.888. The molecule has 2 nitrogen and oxygen atoms in total. The van der Waals surface area contributed by atoms with Crippen LogP contribution in [0.25, 0.3) is 50.3 Å². The van der Waals surface area contributed by atoms with Gasteiger partial charge in [-0.3, -0.25) is 0 Å². The SMILES string of the molecule is C=C/C=C\c1ccc2oc3c(-c4ccc(N(c5ccccc5)c5ccc(-c6ccccc6)cc5)cc4)cccc3c2c1. The molecule has 200 valence electrons. The van der Waals surface area contributed by atoms with E-state index >= 15 is 0 Å². The number of fused-ring (bicyclic) bond motifs is 3. The number of allylic oxidation sites excluding steroid dienone is 2. The standard InChI is InChI=1S/C40H29NO/c1-2-3-11-29-18-27-39-38(28-29)37-17-10-16-36(40(37)42-39)32-21-25-35(26-22-32)41(33-14-8-5-9-15-33)34-23-19-31(20-24-34)30-12-6-4-7-13-30/h2-28H,1H2/b11-3-. The lowest BCUT2D eigenvalue weighted by Gasteiger charge is -2.26. The summed E-state index contributed by atoms with van der Waals surface area (Å²) < 4.78 is 6.41. The Labute approximate surface area is 246 Å². The van der Waals surface area contributed by atoms with Gasteiger partial charge in [0.15, 0.2) is 0 Å². The third kappa shape index (κ3) is 4.80. The van der Waals surface area contributed by atoms with Crippen molar-refractivity contribution in [2.45, 2.75) is 0 Å². The van der Waals surface area contributed by atoms with Crippen LogP contribution < -0.4 is 4.90 Å². The maximum absolute atomic E-state index is 6.41. The van der Waals surface area contributed by atoms with Crippen molar-refractivity contribution >= 4 is 45.1 Å². The van der Waals surface area contributed by atoms with Gasteiger partial charge in [0.1, 0.15) is 11.2 Å². The van der Waals surface area contributed by atoms with Gasteiger partial charge in [0.2, 0.25) is 0 Å². The van der Waals surface area contributed by atoms with Gasteiger partial charge < -0.3 is 9.32 Å². The molecule has 7 rings (SSSR count). The molecule has 42 heavy (non-hydrogen) atoms. The lowest BCUT2D eigenvalue weighted by atomic mass is 10.0. The Balaban J connectivity index is 1.27. The Morgan fingerprint density at radius 3 is 1.83 bits per heavy atom. The highest BCUT2D eigenvalue weighted by atomic mass is 16.3. The molecule has 0 spiro atoms. The summed E-state index contributed by atoms with van der Waals surface area (Å²) in [6.07, 6.45) is 5.80. The Bertz CT molecular complexity index is 2020. The zero-order chi connectivity index (χ0) is 28.3. The van der Waals surface area contributed by atoms with E-state index in [0.29, 0.717) is 0 Å². The van der Waals surface area contributed by atoms with Gasteiger partial charge in [0.25, 0.3) is 0 Å². The molecule has 0 atom stereocenters. The number of nitrogens with zero attached hydrogens (tertiary/aromatic N) is 1. The maximum Gasteiger partial charge on any atom is 0.143 e. The molecule has 1 aromatic heterocycles. The number of hydrogen-bond acceptors (Lipinski definition) is 2. The van der Waals surface area contributed by atoms with E-state index < -0.39 is 0 Å². The number of para-hydroxylation sites is 2. The van der Waals surface area contributed by atoms with Crippen molar-refractivity contribution in [3.05, 3.63) is 170 Å². The summed E-state index contributed by atoms with van der Waals surface area (Å²) in [5.74, 6) is 0. The largest absolute Gasteiger partial charge is 0.455 e. The third-order valence-corrected chi connectivity index (χ3v) is 7.63. The molecule has 0 aliphatic heterocycles. The molecule has 0 saturated carbocycles. The topological polar surface area (TPSA) is 16.4 Å². The van der Waals surface area contributed by atoms with Crippen molar-refractivity contribution in [1.82, 2.24) is 0 Å². The highest BCUT2D eigenvalue weighted by Gasteiger charge is 2.15. The van der Waals surface area contributed by atoms with E-state index in [1.165, 1.54) is 11.1 Å². The van der Waals surface area contributed by atoms with Crippen LogP contribution in [0, 0.1) is 0 Å². The minimum Gasteiger partial charge on any atom is -0.455 e. The molecule has 1 heterocycles. The van der Waals surface area contributed by atoms with Gasteiger partial charge in [-0.05, 0) is 70.8 Å². The van der Waals surface area contributed by atoms with Crippen LogP contribution in [0.2, 0.25) is 0 Å². The molecule has 0 radical (unpaired) electrons. The first-order chi connectivity index (χ1) is 20.8. The van der Waals surface area contributed by atoms with Crippen molar-refractivity contribution < 1.29 is 4.42 Å². The van der Waals surface area contributed by atoms with Crippen LogP contribution in [0.5, 0.6) is 0 Å². The Morgan fingerprint density at radius 2 is 1.14 bits per heavy atom. The lowest BCUT2D eigenvalue weighted by Crippen LogP contribution is -2.09. The van der Waals surface area contributed by atoms with Crippen molar-refractivity contribution in [3.8, 4) is 22.3 Å². The van der Waals surface area contributed by atoms with Gasteiger partial charge in [-0.25, -0.2) is 0 Å². The predicted molar refractivity (Wildman–Crippen MR) is 179 cm³/mol. The number of rotatable bonds is 7. The molecule has 0 amide bonds. The van der Waals surface area contributed by atoms with Crippen LogP contribution in [0.15, 0.2) is 169 Å². The minimum atomic E-state index is 0.888. The highest BCUT2D eigenvalue weighted by molar-refractivity contribution is 6.10. The van der Waals surface area contributed by atoms with E-state index in [4.69, 9.17) is 4.42 Å². The van der Waals surface area contributed by atoms with Gasteiger partial charge in [0.05, 0.1) is 0 Å². The molecule has 0 bridgehead atoms. The average Bonchev–Trinajstić information content (AvgIpc) is 3.44. The Kier molecular flexibility index (Phi) is 6.71. The average molecular weight is 540 g/mol. The zero-order valence-electron chi connectivity index (χ0n) is 23.2. The molecule has 0 unspecified atom stereocenters. The quantitative estimate of drug-likeness (QED) is 0.187. The summed E-state index contributed by atoms with van der Waals surface area (Å²) in [4.78, 5) is 2.29. The monoisotopic (exact) mass is 539 g/mol. The van der Waals surface area contributed by atoms with E-state index in [2.05, 4.69) is 151 Å². The normalized spacial score (nSPS) is 11.3. The smallest absolute Gasteiger partial charge is 0.143 e. The summed E-state index contributed by atoms with van der Waals surface area (Å²) in [5.41, 5.74) is 10.8. The lowest BCUT2D eigenvalue weighted by molar-refractivity contribution is 0.670. The fraction of sp³-hybridized carbons (Fsp3) is 0. The molecule has 7 aromatic rings. The predicted octanol–water partition coefficient (Wildman–Crippen LogP) is 11.6. The number of benzene rings is 6. The second kappa shape index (κ2) is 11.1. The van der Waals surface area contributed by atoms with E-state index in [1.807, 2.05) is 18.2 Å². The second-order valence-corrected chi connectivity index (χ2v) is 10.3. The van der Waals surface area contributed by atoms with Crippen molar-refractivity contribution in [2.24, 2.45) is 0 Å². The molecular weight excluding hydrogens is 510 g/mol. The first-order valence-electron chi connectivity index (χ1n) is 14.1. The first-order valence-corrected chi connectivity index (χ1v) is 14.1. The van der Waals surface area contributed by atoms with Crippen LogP contribution in [-0.2, 0) is 0 Å².